The molecule has 15 heavy (non-hydrogen) atoms. The lowest BCUT2D eigenvalue weighted by atomic mass is 10.3. The van der Waals surface area contributed by atoms with Gasteiger partial charge in [0.1, 0.15) is 0 Å². The normalized spacial score (nSPS) is 10.2. The van der Waals surface area contributed by atoms with Gasteiger partial charge in [0.25, 0.3) is 0 Å². The number of halogens is 1. The SMILES string of the molecule is Ic1ccccc1NCCn1cccn1. The molecule has 3 nitrogen and oxygen atoms in total. The maximum Gasteiger partial charge on any atom is 0.0582 e. The second-order valence-electron chi connectivity index (χ2n) is 3.18. The molecule has 0 atom stereocenters. The van der Waals surface area contributed by atoms with Crippen LogP contribution in [-0.2, 0) is 6.54 Å². The summed E-state index contributed by atoms with van der Waals surface area (Å²) in [6, 6.07) is 10.2. The Hall–Kier alpha value is -1.04. The summed E-state index contributed by atoms with van der Waals surface area (Å²) >= 11 is 2.33. The zero-order chi connectivity index (χ0) is 10.5. The fourth-order valence-corrected chi connectivity index (χ4v) is 1.92. The van der Waals surface area contributed by atoms with Gasteiger partial charge in [-0.2, -0.15) is 5.10 Å². The van der Waals surface area contributed by atoms with Gasteiger partial charge in [0.2, 0.25) is 0 Å². The first kappa shape index (κ1) is 10.5. The summed E-state index contributed by atoms with van der Waals surface area (Å²) < 4.78 is 3.17. The van der Waals surface area contributed by atoms with Crippen molar-refractivity contribution in [2.45, 2.75) is 6.54 Å². The summed E-state index contributed by atoms with van der Waals surface area (Å²) in [4.78, 5) is 0. The van der Waals surface area contributed by atoms with Gasteiger partial charge in [-0.05, 0) is 40.8 Å². The van der Waals surface area contributed by atoms with Crippen molar-refractivity contribution in [2.24, 2.45) is 0 Å². The van der Waals surface area contributed by atoms with E-state index in [1.54, 1.807) is 6.20 Å². The van der Waals surface area contributed by atoms with Gasteiger partial charge >= 0.3 is 0 Å². The maximum absolute atomic E-state index is 4.14. The Morgan fingerprint density at radius 1 is 1.27 bits per heavy atom. The average Bonchev–Trinajstić information content (AvgIpc) is 2.74. The molecule has 2 rings (SSSR count). The predicted octanol–water partition coefficient (Wildman–Crippen LogP) is 2.60. The van der Waals surface area contributed by atoms with Gasteiger partial charge in [0.15, 0.2) is 0 Å². The second kappa shape index (κ2) is 5.16. The average molecular weight is 313 g/mol. The highest BCUT2D eigenvalue weighted by atomic mass is 127. The van der Waals surface area contributed by atoms with E-state index in [9.17, 15) is 0 Å². The summed E-state index contributed by atoms with van der Waals surface area (Å²) in [5.41, 5.74) is 1.19. The topological polar surface area (TPSA) is 29.9 Å². The minimum absolute atomic E-state index is 0.887. The highest BCUT2D eigenvalue weighted by molar-refractivity contribution is 14.1. The number of hydrogen-bond acceptors (Lipinski definition) is 2. The Bertz CT molecular complexity index is 412. The molecule has 1 N–H and O–H groups in total. The molecule has 0 aliphatic heterocycles. The van der Waals surface area contributed by atoms with E-state index >= 15 is 0 Å². The van der Waals surface area contributed by atoms with Crippen LogP contribution >= 0.6 is 22.6 Å². The van der Waals surface area contributed by atoms with Crippen LogP contribution in [0.2, 0.25) is 0 Å². The van der Waals surface area contributed by atoms with E-state index in [1.807, 2.05) is 29.1 Å². The molecule has 0 unspecified atom stereocenters. The molecular formula is C11H12IN3. The molecule has 0 saturated heterocycles. The lowest BCUT2D eigenvalue weighted by Crippen LogP contribution is -2.11. The molecule has 4 heteroatoms. The lowest BCUT2D eigenvalue weighted by Gasteiger charge is -2.08. The van der Waals surface area contributed by atoms with Crippen molar-refractivity contribution in [3.63, 3.8) is 0 Å². The summed E-state index contributed by atoms with van der Waals surface area (Å²) in [5.74, 6) is 0. The van der Waals surface area contributed by atoms with E-state index in [0.29, 0.717) is 0 Å². The molecule has 0 fully saturated rings. The standard InChI is InChI=1S/C11H12IN3/c12-10-4-1-2-5-11(10)13-7-9-15-8-3-6-14-15/h1-6,8,13H,7,9H2. The molecule has 0 aliphatic rings. The number of nitrogens with zero attached hydrogens (tertiary/aromatic N) is 2. The van der Waals surface area contributed by atoms with Gasteiger partial charge in [-0.1, -0.05) is 12.1 Å². The van der Waals surface area contributed by atoms with Gasteiger partial charge in [0, 0.05) is 28.2 Å². The van der Waals surface area contributed by atoms with Crippen LogP contribution in [-0.4, -0.2) is 16.3 Å². The van der Waals surface area contributed by atoms with Crippen LogP contribution in [0.3, 0.4) is 0 Å². The summed E-state index contributed by atoms with van der Waals surface area (Å²) in [5, 5.41) is 7.53. The van der Waals surface area contributed by atoms with Crippen molar-refractivity contribution in [3.8, 4) is 0 Å². The molecule has 0 bridgehead atoms. The Balaban J connectivity index is 1.86. The number of rotatable bonds is 4. The molecule has 2 aromatic rings. The largest absolute Gasteiger partial charge is 0.382 e. The Labute approximate surface area is 103 Å². The van der Waals surface area contributed by atoms with Crippen LogP contribution in [0.5, 0.6) is 0 Å². The van der Waals surface area contributed by atoms with Crippen LogP contribution in [0.25, 0.3) is 0 Å². The van der Waals surface area contributed by atoms with Gasteiger partial charge in [-0.15, -0.1) is 0 Å². The van der Waals surface area contributed by atoms with Crippen LogP contribution in [0.15, 0.2) is 42.7 Å². The molecule has 0 radical (unpaired) electrons. The molecule has 0 amide bonds. The fraction of sp³-hybridized carbons (Fsp3) is 0.182. The Morgan fingerprint density at radius 3 is 2.87 bits per heavy atom. The third-order valence-electron chi connectivity index (χ3n) is 2.09. The van der Waals surface area contributed by atoms with E-state index in [4.69, 9.17) is 0 Å². The summed E-state index contributed by atoms with van der Waals surface area (Å²) in [6.45, 7) is 1.78. The molecule has 0 saturated carbocycles. The Kier molecular flexibility index (Phi) is 3.60. The minimum atomic E-state index is 0.887. The number of nitrogens with one attached hydrogen (secondary N) is 1. The lowest BCUT2D eigenvalue weighted by molar-refractivity contribution is 0.638. The van der Waals surface area contributed by atoms with Gasteiger partial charge in [0.05, 0.1) is 6.54 Å². The molecule has 1 aromatic heterocycles. The van der Waals surface area contributed by atoms with Gasteiger partial charge in [-0.25, -0.2) is 0 Å². The minimum Gasteiger partial charge on any atom is -0.382 e. The molecule has 0 spiro atoms. The number of para-hydroxylation sites is 1. The third-order valence-corrected chi connectivity index (χ3v) is 3.03. The van der Waals surface area contributed by atoms with Crippen molar-refractivity contribution < 1.29 is 0 Å². The van der Waals surface area contributed by atoms with Crippen molar-refractivity contribution in [1.82, 2.24) is 9.78 Å². The van der Waals surface area contributed by atoms with E-state index in [2.05, 4.69) is 45.1 Å². The highest BCUT2D eigenvalue weighted by Gasteiger charge is 1.96. The third kappa shape index (κ3) is 2.95. The molecular weight excluding hydrogens is 301 g/mol. The molecule has 1 aromatic carbocycles. The first-order chi connectivity index (χ1) is 7.36. The molecule has 1 heterocycles. The Morgan fingerprint density at radius 2 is 2.13 bits per heavy atom. The summed E-state index contributed by atoms with van der Waals surface area (Å²) in [7, 11) is 0. The van der Waals surface area contributed by atoms with Crippen molar-refractivity contribution in [2.75, 3.05) is 11.9 Å². The van der Waals surface area contributed by atoms with E-state index in [0.717, 1.165) is 13.1 Å². The van der Waals surface area contributed by atoms with Crippen molar-refractivity contribution >= 4 is 28.3 Å². The number of benzene rings is 1. The first-order valence-corrected chi connectivity index (χ1v) is 5.90. The maximum atomic E-state index is 4.14. The highest BCUT2D eigenvalue weighted by Crippen LogP contribution is 2.16. The van der Waals surface area contributed by atoms with Gasteiger partial charge in [-0.3, -0.25) is 4.68 Å². The smallest absolute Gasteiger partial charge is 0.0582 e. The van der Waals surface area contributed by atoms with E-state index in [1.165, 1.54) is 9.26 Å². The molecule has 78 valence electrons. The van der Waals surface area contributed by atoms with Crippen LogP contribution in [0.4, 0.5) is 5.69 Å². The van der Waals surface area contributed by atoms with Crippen LogP contribution in [0.1, 0.15) is 0 Å². The quantitative estimate of drug-likeness (QED) is 0.880. The van der Waals surface area contributed by atoms with E-state index < -0.39 is 0 Å². The number of hydrogen-bond donors (Lipinski definition) is 1. The van der Waals surface area contributed by atoms with Crippen molar-refractivity contribution in [1.29, 1.82) is 0 Å². The first-order valence-electron chi connectivity index (χ1n) is 4.82. The monoisotopic (exact) mass is 313 g/mol. The zero-order valence-corrected chi connectivity index (χ0v) is 10.4. The predicted molar refractivity (Wildman–Crippen MR) is 69.9 cm³/mol. The fourth-order valence-electron chi connectivity index (χ4n) is 1.34. The summed E-state index contributed by atoms with van der Waals surface area (Å²) in [6.07, 6.45) is 3.77. The van der Waals surface area contributed by atoms with E-state index in [-0.39, 0.29) is 0 Å². The van der Waals surface area contributed by atoms with Crippen LogP contribution < -0.4 is 5.32 Å². The second-order valence-corrected chi connectivity index (χ2v) is 4.34. The van der Waals surface area contributed by atoms with Gasteiger partial charge < -0.3 is 5.32 Å². The molecule has 0 aliphatic carbocycles. The van der Waals surface area contributed by atoms with Crippen LogP contribution in [0, 0.1) is 3.57 Å². The van der Waals surface area contributed by atoms with Crippen molar-refractivity contribution in [3.05, 3.63) is 46.3 Å². The number of aromatic nitrogens is 2. The zero-order valence-electron chi connectivity index (χ0n) is 8.23. The number of anilines is 1.